The monoisotopic (exact) mass is 172 g/mol. The lowest BCUT2D eigenvalue weighted by molar-refractivity contribution is -0.143. The summed E-state index contributed by atoms with van der Waals surface area (Å²) in [6.45, 7) is 1.32. The van der Waals surface area contributed by atoms with Gasteiger partial charge in [-0.25, -0.2) is 0 Å². The number of nitrogens with one attached hydrogen (secondary N) is 2. The Balaban J connectivity index is 2.39. The van der Waals surface area contributed by atoms with Gasteiger partial charge in [-0.05, 0) is 0 Å². The lowest BCUT2D eigenvalue weighted by Gasteiger charge is -2.22. The number of carbonyl (C=O) groups is 2. The summed E-state index contributed by atoms with van der Waals surface area (Å²) in [5.41, 5.74) is 0. The van der Waals surface area contributed by atoms with Crippen LogP contribution in [0.2, 0.25) is 0 Å². The molecular formula is C7H12N2O3. The van der Waals surface area contributed by atoms with Gasteiger partial charge in [-0.1, -0.05) is 0 Å². The van der Waals surface area contributed by atoms with Gasteiger partial charge < -0.3 is 15.4 Å². The predicted molar refractivity (Wildman–Crippen MR) is 41.4 cm³/mol. The Morgan fingerprint density at radius 3 is 3.00 bits per heavy atom. The smallest absolute Gasteiger partial charge is 0.307 e. The van der Waals surface area contributed by atoms with Crippen LogP contribution >= 0.6 is 0 Å². The first-order valence-electron chi connectivity index (χ1n) is 3.82. The van der Waals surface area contributed by atoms with Crippen molar-refractivity contribution in [2.24, 2.45) is 0 Å². The fourth-order valence-corrected chi connectivity index (χ4v) is 1.06. The summed E-state index contributed by atoms with van der Waals surface area (Å²) in [4.78, 5) is 21.8. The third kappa shape index (κ3) is 2.20. The Labute approximate surface area is 70.5 Å². The minimum atomic E-state index is -0.425. The van der Waals surface area contributed by atoms with E-state index >= 15 is 0 Å². The number of rotatable bonds is 2. The van der Waals surface area contributed by atoms with Crippen molar-refractivity contribution in [3.63, 3.8) is 0 Å². The molecule has 1 atom stereocenters. The molecule has 1 aliphatic rings. The van der Waals surface area contributed by atoms with E-state index in [4.69, 9.17) is 0 Å². The maximum atomic E-state index is 11.1. The summed E-state index contributed by atoms with van der Waals surface area (Å²) in [7, 11) is 1.31. The van der Waals surface area contributed by atoms with Crippen LogP contribution in [-0.2, 0) is 14.3 Å². The minimum Gasteiger partial charge on any atom is -0.469 e. The molecule has 1 saturated heterocycles. The third-order valence-electron chi connectivity index (χ3n) is 1.73. The van der Waals surface area contributed by atoms with Gasteiger partial charge in [-0.15, -0.1) is 0 Å². The summed E-state index contributed by atoms with van der Waals surface area (Å²) in [6, 6.07) is -0.425. The molecule has 5 nitrogen and oxygen atoms in total. The average Bonchev–Trinajstić information content (AvgIpc) is 2.09. The number of piperazine rings is 1. The van der Waals surface area contributed by atoms with Crippen molar-refractivity contribution >= 4 is 11.9 Å². The highest BCUT2D eigenvalue weighted by atomic mass is 16.5. The normalized spacial score (nSPS) is 23.1. The van der Waals surface area contributed by atoms with E-state index in [0.29, 0.717) is 13.1 Å². The predicted octanol–water partition coefficient (Wildman–Crippen LogP) is -1.36. The SMILES string of the molecule is COC(=O)C[C@@H]1NCCNC1=O. The van der Waals surface area contributed by atoms with Gasteiger partial charge in [0.05, 0.1) is 19.6 Å². The molecule has 0 aliphatic carbocycles. The molecule has 0 aromatic carbocycles. The number of carbonyl (C=O) groups excluding carboxylic acids is 2. The minimum absolute atomic E-state index is 0.0995. The first kappa shape index (κ1) is 8.99. The summed E-state index contributed by atoms with van der Waals surface area (Å²) in [6.07, 6.45) is 0.0995. The molecule has 0 bridgehead atoms. The van der Waals surface area contributed by atoms with Gasteiger partial charge in [-0.2, -0.15) is 0 Å². The summed E-state index contributed by atoms with van der Waals surface area (Å²) in [5.74, 6) is -0.504. The van der Waals surface area contributed by atoms with Gasteiger partial charge in [-0.3, -0.25) is 9.59 Å². The van der Waals surface area contributed by atoms with E-state index in [-0.39, 0.29) is 18.3 Å². The fraction of sp³-hybridized carbons (Fsp3) is 0.714. The zero-order valence-corrected chi connectivity index (χ0v) is 6.92. The number of methoxy groups -OCH3 is 1. The number of ether oxygens (including phenoxy) is 1. The number of esters is 1. The molecule has 0 unspecified atom stereocenters. The van der Waals surface area contributed by atoms with E-state index in [9.17, 15) is 9.59 Å². The van der Waals surface area contributed by atoms with E-state index in [2.05, 4.69) is 15.4 Å². The molecule has 0 radical (unpaired) electrons. The molecular weight excluding hydrogens is 160 g/mol. The highest BCUT2D eigenvalue weighted by Gasteiger charge is 2.23. The van der Waals surface area contributed by atoms with Crippen LogP contribution in [0.3, 0.4) is 0 Å². The summed E-state index contributed by atoms with van der Waals surface area (Å²) in [5, 5.41) is 5.57. The summed E-state index contributed by atoms with van der Waals surface area (Å²) >= 11 is 0. The van der Waals surface area contributed by atoms with Crippen LogP contribution in [0.1, 0.15) is 6.42 Å². The topological polar surface area (TPSA) is 67.4 Å². The number of hydrogen-bond acceptors (Lipinski definition) is 4. The van der Waals surface area contributed by atoms with Crippen LogP contribution in [-0.4, -0.2) is 38.1 Å². The van der Waals surface area contributed by atoms with E-state index in [1.54, 1.807) is 0 Å². The van der Waals surface area contributed by atoms with E-state index in [1.165, 1.54) is 7.11 Å². The second kappa shape index (κ2) is 4.06. The zero-order valence-electron chi connectivity index (χ0n) is 6.92. The third-order valence-corrected chi connectivity index (χ3v) is 1.73. The maximum Gasteiger partial charge on any atom is 0.307 e. The van der Waals surface area contributed by atoms with Crippen molar-refractivity contribution in [3.05, 3.63) is 0 Å². The molecule has 0 spiro atoms. The average molecular weight is 172 g/mol. The van der Waals surface area contributed by atoms with Crippen molar-refractivity contribution in [2.75, 3.05) is 20.2 Å². The van der Waals surface area contributed by atoms with Crippen LogP contribution in [0.25, 0.3) is 0 Å². The van der Waals surface area contributed by atoms with E-state index in [0.717, 1.165) is 0 Å². The second-order valence-electron chi connectivity index (χ2n) is 2.58. The van der Waals surface area contributed by atoms with Gasteiger partial charge in [0.2, 0.25) is 5.91 Å². The molecule has 0 saturated carbocycles. The Hall–Kier alpha value is -1.10. The Morgan fingerprint density at radius 1 is 1.67 bits per heavy atom. The fourth-order valence-electron chi connectivity index (χ4n) is 1.06. The standard InChI is InChI=1S/C7H12N2O3/c1-12-6(10)4-5-7(11)9-3-2-8-5/h5,8H,2-4H2,1H3,(H,9,11)/t5-/m0/s1. The van der Waals surface area contributed by atoms with Crippen molar-refractivity contribution in [3.8, 4) is 0 Å². The van der Waals surface area contributed by atoms with Gasteiger partial charge >= 0.3 is 5.97 Å². The molecule has 12 heavy (non-hydrogen) atoms. The van der Waals surface area contributed by atoms with Crippen molar-refractivity contribution in [2.45, 2.75) is 12.5 Å². The zero-order chi connectivity index (χ0) is 8.97. The maximum absolute atomic E-state index is 11.1. The first-order valence-corrected chi connectivity index (χ1v) is 3.82. The summed E-state index contributed by atoms with van der Waals surface area (Å²) < 4.78 is 4.44. The molecule has 1 heterocycles. The lowest BCUT2D eigenvalue weighted by Crippen LogP contribution is -2.53. The Bertz CT molecular complexity index is 193. The quantitative estimate of drug-likeness (QED) is 0.505. The van der Waals surface area contributed by atoms with Gasteiger partial charge in [0.15, 0.2) is 0 Å². The number of amides is 1. The molecule has 68 valence electrons. The van der Waals surface area contributed by atoms with Crippen molar-refractivity contribution in [1.29, 1.82) is 0 Å². The van der Waals surface area contributed by atoms with Gasteiger partial charge in [0.1, 0.15) is 0 Å². The van der Waals surface area contributed by atoms with Crippen molar-refractivity contribution < 1.29 is 14.3 Å². The number of hydrogen-bond donors (Lipinski definition) is 2. The Morgan fingerprint density at radius 2 is 2.42 bits per heavy atom. The van der Waals surface area contributed by atoms with Crippen LogP contribution in [0, 0.1) is 0 Å². The van der Waals surface area contributed by atoms with Crippen LogP contribution in [0.4, 0.5) is 0 Å². The highest BCUT2D eigenvalue weighted by molar-refractivity contribution is 5.87. The molecule has 0 aromatic rings. The van der Waals surface area contributed by atoms with Crippen LogP contribution in [0.5, 0.6) is 0 Å². The highest BCUT2D eigenvalue weighted by Crippen LogP contribution is 1.97. The second-order valence-corrected chi connectivity index (χ2v) is 2.58. The molecule has 1 rings (SSSR count). The van der Waals surface area contributed by atoms with Crippen molar-refractivity contribution in [1.82, 2.24) is 10.6 Å². The molecule has 1 fully saturated rings. The largest absolute Gasteiger partial charge is 0.469 e. The molecule has 5 heteroatoms. The molecule has 0 aromatic heterocycles. The molecule has 2 N–H and O–H groups in total. The molecule has 1 amide bonds. The van der Waals surface area contributed by atoms with Crippen LogP contribution in [0.15, 0.2) is 0 Å². The Kier molecular flexibility index (Phi) is 3.04. The van der Waals surface area contributed by atoms with Crippen LogP contribution < -0.4 is 10.6 Å². The first-order chi connectivity index (χ1) is 5.74. The van der Waals surface area contributed by atoms with Gasteiger partial charge in [0, 0.05) is 13.1 Å². The van der Waals surface area contributed by atoms with E-state index in [1.807, 2.05) is 0 Å². The van der Waals surface area contributed by atoms with E-state index < -0.39 is 6.04 Å². The lowest BCUT2D eigenvalue weighted by atomic mass is 10.1. The van der Waals surface area contributed by atoms with Gasteiger partial charge in [0.25, 0.3) is 0 Å². The molecule has 1 aliphatic heterocycles.